The first kappa shape index (κ1) is 27.6. The zero-order valence-corrected chi connectivity index (χ0v) is 21.8. The third kappa shape index (κ3) is 6.60. The van der Waals surface area contributed by atoms with E-state index in [-0.39, 0.29) is 29.4 Å². The van der Waals surface area contributed by atoms with Crippen LogP contribution in [-0.2, 0) is 26.7 Å². The lowest BCUT2D eigenvalue weighted by Gasteiger charge is -2.22. The van der Waals surface area contributed by atoms with E-state index < -0.39 is 28.0 Å². The molecule has 194 valence electrons. The van der Waals surface area contributed by atoms with Gasteiger partial charge >= 0.3 is 0 Å². The van der Waals surface area contributed by atoms with E-state index in [0.717, 1.165) is 11.6 Å². The number of carbonyl (C=O) groups is 2. The van der Waals surface area contributed by atoms with Crippen LogP contribution in [0.2, 0.25) is 0 Å². The summed E-state index contributed by atoms with van der Waals surface area (Å²) in [6.45, 7) is 10.0. The number of amides is 2. The lowest BCUT2D eigenvalue weighted by atomic mass is 9.86. The van der Waals surface area contributed by atoms with Gasteiger partial charge in [-0.3, -0.25) is 9.59 Å². The normalized spacial score (nSPS) is 18.6. The summed E-state index contributed by atoms with van der Waals surface area (Å²) in [6.07, 6.45) is 2.11. The van der Waals surface area contributed by atoms with Gasteiger partial charge in [-0.1, -0.05) is 51.6 Å². The third-order valence-corrected chi connectivity index (χ3v) is 8.28. The molecule has 0 saturated carbocycles. The fourth-order valence-corrected chi connectivity index (χ4v) is 5.89. The average molecular weight is 514 g/mol. The molecule has 9 heteroatoms. The number of hydrogen-bond donors (Lipinski definition) is 3. The van der Waals surface area contributed by atoms with Gasteiger partial charge in [-0.15, -0.1) is 0 Å². The third-order valence-electron chi connectivity index (χ3n) is 6.35. The summed E-state index contributed by atoms with van der Waals surface area (Å²) in [5.74, 6) is -0.680. The molecule has 2 aromatic carbocycles. The van der Waals surface area contributed by atoms with Gasteiger partial charge in [-0.05, 0) is 59.7 Å². The molecule has 8 nitrogen and oxygen atoms in total. The zero-order valence-electron chi connectivity index (χ0n) is 21.0. The number of hydrogen-bond acceptors (Lipinski definition) is 5. The van der Waals surface area contributed by atoms with Crippen molar-refractivity contribution in [2.45, 2.75) is 56.0 Å². The van der Waals surface area contributed by atoms with Crippen LogP contribution >= 0.6 is 0 Å². The van der Waals surface area contributed by atoms with Crippen LogP contribution in [0.15, 0.2) is 66.1 Å². The summed E-state index contributed by atoms with van der Waals surface area (Å²) in [4.78, 5) is 24.2. The molecule has 0 aliphatic carbocycles. The Morgan fingerprint density at radius 1 is 1.11 bits per heavy atom. The highest BCUT2D eigenvalue weighted by atomic mass is 32.2. The fraction of sp³-hybridized carbons (Fsp3) is 0.407. The van der Waals surface area contributed by atoms with Crippen LogP contribution < -0.4 is 10.6 Å². The Morgan fingerprint density at radius 3 is 2.31 bits per heavy atom. The van der Waals surface area contributed by atoms with Crippen molar-refractivity contribution in [2.75, 3.05) is 19.7 Å². The van der Waals surface area contributed by atoms with Gasteiger partial charge < -0.3 is 15.7 Å². The van der Waals surface area contributed by atoms with Crippen LogP contribution in [0.1, 0.15) is 48.7 Å². The van der Waals surface area contributed by atoms with Crippen molar-refractivity contribution < 1.29 is 23.1 Å². The molecule has 2 amide bonds. The number of carbonyl (C=O) groups excluding carboxylic acids is 2. The highest BCUT2D eigenvalue weighted by Crippen LogP contribution is 2.27. The van der Waals surface area contributed by atoms with Gasteiger partial charge in [0.25, 0.3) is 5.91 Å². The first-order valence-corrected chi connectivity index (χ1v) is 13.4. The van der Waals surface area contributed by atoms with Crippen molar-refractivity contribution in [3.05, 3.63) is 77.9 Å². The van der Waals surface area contributed by atoms with Gasteiger partial charge in [0.1, 0.15) is 0 Å². The lowest BCUT2D eigenvalue weighted by molar-refractivity contribution is -0.117. The highest BCUT2D eigenvalue weighted by molar-refractivity contribution is 7.89. The Balaban J connectivity index is 1.59. The van der Waals surface area contributed by atoms with Crippen LogP contribution in [0.4, 0.5) is 0 Å². The minimum absolute atomic E-state index is 0.0205. The van der Waals surface area contributed by atoms with Gasteiger partial charge in [0, 0.05) is 24.7 Å². The van der Waals surface area contributed by atoms with Crippen LogP contribution in [-0.4, -0.2) is 61.4 Å². The number of nitrogens with zero attached hydrogens (tertiary/aromatic N) is 1. The average Bonchev–Trinajstić information content (AvgIpc) is 3.27. The molecule has 0 radical (unpaired) electrons. The van der Waals surface area contributed by atoms with Gasteiger partial charge in [-0.2, -0.15) is 4.31 Å². The first-order chi connectivity index (χ1) is 17.0. The number of sulfonamides is 1. The minimum atomic E-state index is -3.92. The van der Waals surface area contributed by atoms with E-state index >= 15 is 0 Å². The quantitative estimate of drug-likeness (QED) is 0.446. The Morgan fingerprint density at radius 2 is 1.75 bits per heavy atom. The van der Waals surface area contributed by atoms with Gasteiger partial charge in [0.15, 0.2) is 0 Å². The van der Waals surface area contributed by atoms with E-state index in [1.807, 2.05) is 0 Å². The summed E-state index contributed by atoms with van der Waals surface area (Å²) in [5.41, 5.74) is 2.81. The van der Waals surface area contributed by atoms with Gasteiger partial charge in [0.05, 0.1) is 17.5 Å². The van der Waals surface area contributed by atoms with E-state index in [4.69, 9.17) is 0 Å². The Bertz CT molecular complexity index is 1190. The molecule has 1 fully saturated rings. The van der Waals surface area contributed by atoms with Crippen molar-refractivity contribution in [1.82, 2.24) is 14.9 Å². The molecule has 1 heterocycles. The number of nitrogens with one attached hydrogen (secondary N) is 2. The van der Waals surface area contributed by atoms with Crippen LogP contribution in [0.5, 0.6) is 0 Å². The molecule has 2 unspecified atom stereocenters. The predicted octanol–water partition coefficient (Wildman–Crippen LogP) is 2.38. The second-order valence-electron chi connectivity index (χ2n) is 10.0. The van der Waals surface area contributed by atoms with E-state index in [2.05, 4.69) is 62.2 Å². The van der Waals surface area contributed by atoms with Crippen LogP contribution in [0, 0.1) is 0 Å². The Kier molecular flexibility index (Phi) is 8.71. The zero-order chi connectivity index (χ0) is 26.5. The highest BCUT2D eigenvalue weighted by Gasteiger charge is 2.40. The smallest absolute Gasteiger partial charge is 0.251 e. The van der Waals surface area contributed by atoms with E-state index in [0.29, 0.717) is 24.9 Å². The van der Waals surface area contributed by atoms with Crippen molar-refractivity contribution in [3.8, 4) is 0 Å². The molecule has 0 aromatic heterocycles. The second kappa shape index (κ2) is 11.4. The van der Waals surface area contributed by atoms with Crippen molar-refractivity contribution in [3.63, 3.8) is 0 Å². The maximum Gasteiger partial charge on any atom is 0.251 e. The monoisotopic (exact) mass is 513 g/mol. The van der Waals surface area contributed by atoms with Gasteiger partial charge in [0.2, 0.25) is 15.9 Å². The molecular weight excluding hydrogens is 478 g/mol. The van der Waals surface area contributed by atoms with Crippen molar-refractivity contribution in [2.24, 2.45) is 0 Å². The molecule has 1 aliphatic heterocycles. The van der Waals surface area contributed by atoms with Crippen LogP contribution in [0.25, 0.3) is 0 Å². The molecule has 3 N–H and O–H groups in total. The van der Waals surface area contributed by atoms with Crippen LogP contribution in [0.3, 0.4) is 0 Å². The standard InChI is InChI=1S/C27H35N3O5S/c1-5-25(32)29-22-16-23(18-31)30(17-22)36(34,35)24-12-8-20(9-13-24)26(33)28-15-14-19-6-10-21(11-7-19)27(2,3)4/h5-13,22-23,31H,1,14-18H2,2-4H3,(H,28,33)(H,29,32). The van der Waals surface area contributed by atoms with E-state index in [1.165, 1.54) is 34.1 Å². The predicted molar refractivity (Wildman–Crippen MR) is 139 cm³/mol. The van der Waals surface area contributed by atoms with Crippen molar-refractivity contribution in [1.29, 1.82) is 0 Å². The fourth-order valence-electron chi connectivity index (χ4n) is 4.22. The summed E-state index contributed by atoms with van der Waals surface area (Å²) in [6, 6.07) is 13.0. The molecule has 0 spiro atoms. The first-order valence-electron chi connectivity index (χ1n) is 12.0. The molecule has 1 aliphatic rings. The van der Waals surface area contributed by atoms with E-state index in [1.54, 1.807) is 0 Å². The molecule has 0 bridgehead atoms. The lowest BCUT2D eigenvalue weighted by Crippen LogP contribution is -2.39. The van der Waals surface area contributed by atoms with Gasteiger partial charge in [-0.25, -0.2) is 8.42 Å². The molecular formula is C27H35N3O5S. The molecule has 1 saturated heterocycles. The number of aliphatic hydroxyl groups is 1. The summed E-state index contributed by atoms with van der Waals surface area (Å²) in [5, 5.41) is 15.2. The number of aliphatic hydroxyl groups excluding tert-OH is 1. The Hall–Kier alpha value is -3.01. The largest absolute Gasteiger partial charge is 0.395 e. The number of benzene rings is 2. The van der Waals surface area contributed by atoms with E-state index in [9.17, 15) is 23.1 Å². The number of rotatable bonds is 9. The topological polar surface area (TPSA) is 116 Å². The molecule has 36 heavy (non-hydrogen) atoms. The summed E-state index contributed by atoms with van der Waals surface area (Å²) < 4.78 is 27.6. The maximum absolute atomic E-state index is 13.2. The summed E-state index contributed by atoms with van der Waals surface area (Å²) in [7, 11) is -3.92. The second-order valence-corrected chi connectivity index (χ2v) is 11.9. The molecule has 3 rings (SSSR count). The molecule has 2 atom stereocenters. The molecule has 2 aromatic rings. The maximum atomic E-state index is 13.2. The summed E-state index contributed by atoms with van der Waals surface area (Å²) >= 11 is 0. The minimum Gasteiger partial charge on any atom is -0.395 e. The van der Waals surface area contributed by atoms with Crippen molar-refractivity contribution >= 4 is 21.8 Å². The SMILES string of the molecule is C=CC(=O)NC1CC(CO)N(S(=O)(=O)c2ccc(C(=O)NCCc3ccc(C(C)(C)C)cc3)cc2)C1. The Labute approximate surface area is 213 Å².